The molecular weight excluding hydrogens is 194 g/mol. The van der Waals surface area contributed by atoms with E-state index in [1.54, 1.807) is 0 Å². The van der Waals surface area contributed by atoms with Crippen molar-refractivity contribution in [3.63, 3.8) is 0 Å². The van der Waals surface area contributed by atoms with Crippen LogP contribution in [0, 0.1) is 25.2 Å². The fraction of sp³-hybridized carbons (Fsp3) is 0.250. The van der Waals surface area contributed by atoms with Crippen molar-refractivity contribution in [1.29, 1.82) is 5.26 Å². The zero-order valence-electron chi connectivity index (χ0n) is 8.21. The standard InChI is InChI=1S/C8H7N7/c1-5-6(2)12-13-8(11-5)15-4-10-7(3-9)14-15/h4H,1-2H3. The van der Waals surface area contributed by atoms with Gasteiger partial charge >= 0.3 is 0 Å². The topological polar surface area (TPSA) is 93.2 Å². The van der Waals surface area contributed by atoms with E-state index in [1.165, 1.54) is 11.0 Å². The molecule has 0 bridgehead atoms. The van der Waals surface area contributed by atoms with Crippen LogP contribution in [0.2, 0.25) is 0 Å². The molecule has 0 fully saturated rings. The first kappa shape index (κ1) is 9.21. The van der Waals surface area contributed by atoms with Crippen molar-refractivity contribution in [3.05, 3.63) is 23.5 Å². The van der Waals surface area contributed by atoms with Crippen LogP contribution < -0.4 is 0 Å². The minimum atomic E-state index is 0.0804. The van der Waals surface area contributed by atoms with Crippen LogP contribution in [0.3, 0.4) is 0 Å². The summed E-state index contributed by atoms with van der Waals surface area (Å²) in [6.07, 6.45) is 1.38. The molecule has 0 aliphatic heterocycles. The number of aryl methyl sites for hydroxylation is 2. The first-order valence-corrected chi connectivity index (χ1v) is 4.21. The Labute approximate surface area is 85.4 Å². The van der Waals surface area contributed by atoms with E-state index in [-0.39, 0.29) is 5.82 Å². The molecule has 0 atom stereocenters. The Morgan fingerprint density at radius 3 is 2.67 bits per heavy atom. The second-order valence-corrected chi connectivity index (χ2v) is 2.91. The Morgan fingerprint density at radius 1 is 1.27 bits per heavy atom. The molecular formula is C8H7N7. The second-order valence-electron chi connectivity index (χ2n) is 2.91. The third kappa shape index (κ3) is 1.65. The molecule has 2 rings (SSSR count). The Balaban J connectivity index is 2.46. The monoisotopic (exact) mass is 201 g/mol. The Morgan fingerprint density at radius 2 is 2.07 bits per heavy atom. The normalized spacial score (nSPS) is 9.93. The summed E-state index contributed by atoms with van der Waals surface area (Å²) in [6.45, 7) is 3.65. The molecule has 0 unspecified atom stereocenters. The van der Waals surface area contributed by atoms with Gasteiger partial charge in [-0.2, -0.15) is 15.0 Å². The highest BCUT2D eigenvalue weighted by atomic mass is 15.4. The lowest BCUT2D eigenvalue weighted by Gasteiger charge is -1.99. The summed E-state index contributed by atoms with van der Waals surface area (Å²) in [5.74, 6) is 0.393. The quantitative estimate of drug-likeness (QED) is 0.641. The minimum Gasteiger partial charge on any atom is -0.213 e. The van der Waals surface area contributed by atoms with Crippen LogP contribution in [-0.2, 0) is 0 Å². The highest BCUT2D eigenvalue weighted by Gasteiger charge is 2.06. The summed E-state index contributed by atoms with van der Waals surface area (Å²) in [5, 5.41) is 20.2. The first-order valence-electron chi connectivity index (χ1n) is 4.21. The van der Waals surface area contributed by atoms with Crippen molar-refractivity contribution >= 4 is 0 Å². The molecule has 15 heavy (non-hydrogen) atoms. The molecule has 0 spiro atoms. The Kier molecular flexibility index (Phi) is 2.10. The van der Waals surface area contributed by atoms with Gasteiger partial charge in [-0.25, -0.2) is 9.97 Å². The van der Waals surface area contributed by atoms with Crippen molar-refractivity contribution in [1.82, 2.24) is 29.9 Å². The van der Waals surface area contributed by atoms with E-state index in [9.17, 15) is 0 Å². The molecule has 7 heteroatoms. The zero-order valence-corrected chi connectivity index (χ0v) is 8.21. The van der Waals surface area contributed by atoms with Gasteiger partial charge in [0.15, 0.2) is 0 Å². The number of nitrogens with zero attached hydrogens (tertiary/aromatic N) is 7. The largest absolute Gasteiger partial charge is 0.271 e. The summed E-state index contributed by atoms with van der Waals surface area (Å²) in [5.41, 5.74) is 1.54. The average Bonchev–Trinajstić information content (AvgIpc) is 2.70. The number of nitriles is 1. The third-order valence-corrected chi connectivity index (χ3v) is 1.88. The van der Waals surface area contributed by atoms with E-state index in [4.69, 9.17) is 5.26 Å². The lowest BCUT2D eigenvalue weighted by atomic mass is 10.4. The van der Waals surface area contributed by atoms with Crippen molar-refractivity contribution in [2.24, 2.45) is 0 Å². The maximum absolute atomic E-state index is 8.55. The van der Waals surface area contributed by atoms with E-state index in [2.05, 4.69) is 25.3 Å². The van der Waals surface area contributed by atoms with E-state index < -0.39 is 0 Å². The second kappa shape index (κ2) is 3.42. The molecule has 0 saturated carbocycles. The Hall–Kier alpha value is -2.36. The van der Waals surface area contributed by atoms with Gasteiger partial charge in [-0.15, -0.1) is 10.2 Å². The van der Waals surface area contributed by atoms with Gasteiger partial charge in [0.2, 0.25) is 0 Å². The fourth-order valence-corrected chi connectivity index (χ4v) is 0.953. The molecule has 74 valence electrons. The number of hydrogen-bond donors (Lipinski definition) is 0. The summed E-state index contributed by atoms with van der Waals surface area (Å²) in [4.78, 5) is 7.91. The fourth-order valence-electron chi connectivity index (χ4n) is 0.953. The molecule has 0 aromatic carbocycles. The predicted octanol–water partition coefficient (Wildman–Crippen LogP) is -0.0592. The maximum atomic E-state index is 8.55. The number of rotatable bonds is 1. The van der Waals surface area contributed by atoms with Crippen molar-refractivity contribution < 1.29 is 0 Å². The van der Waals surface area contributed by atoms with Gasteiger partial charge in [0.25, 0.3) is 11.8 Å². The number of hydrogen-bond acceptors (Lipinski definition) is 6. The predicted molar refractivity (Wildman–Crippen MR) is 48.9 cm³/mol. The average molecular weight is 201 g/mol. The van der Waals surface area contributed by atoms with Crippen molar-refractivity contribution in [2.45, 2.75) is 13.8 Å². The van der Waals surface area contributed by atoms with Gasteiger partial charge in [0.1, 0.15) is 12.4 Å². The molecule has 0 aliphatic rings. The van der Waals surface area contributed by atoms with Crippen LogP contribution in [0.15, 0.2) is 6.33 Å². The van der Waals surface area contributed by atoms with Gasteiger partial charge < -0.3 is 0 Å². The van der Waals surface area contributed by atoms with Gasteiger partial charge in [0, 0.05) is 0 Å². The maximum Gasteiger partial charge on any atom is 0.271 e. The van der Waals surface area contributed by atoms with Crippen LogP contribution >= 0.6 is 0 Å². The van der Waals surface area contributed by atoms with Gasteiger partial charge in [-0.05, 0) is 13.8 Å². The smallest absolute Gasteiger partial charge is 0.213 e. The molecule has 2 heterocycles. The van der Waals surface area contributed by atoms with Crippen LogP contribution in [0.1, 0.15) is 17.2 Å². The highest BCUT2D eigenvalue weighted by Crippen LogP contribution is 2.01. The van der Waals surface area contributed by atoms with E-state index in [0.717, 1.165) is 11.4 Å². The summed E-state index contributed by atoms with van der Waals surface area (Å²) < 4.78 is 1.32. The lowest BCUT2D eigenvalue weighted by Crippen LogP contribution is -2.06. The molecule has 7 nitrogen and oxygen atoms in total. The molecule has 0 aliphatic carbocycles. The number of aromatic nitrogens is 6. The summed E-state index contributed by atoms with van der Waals surface area (Å²) in [6, 6.07) is 1.82. The molecule has 0 N–H and O–H groups in total. The van der Waals surface area contributed by atoms with Crippen LogP contribution in [-0.4, -0.2) is 29.9 Å². The van der Waals surface area contributed by atoms with Crippen LogP contribution in [0.25, 0.3) is 5.95 Å². The summed E-state index contributed by atoms with van der Waals surface area (Å²) in [7, 11) is 0. The van der Waals surface area contributed by atoms with Gasteiger partial charge in [-0.1, -0.05) is 0 Å². The van der Waals surface area contributed by atoms with Gasteiger partial charge in [0.05, 0.1) is 11.4 Å². The highest BCUT2D eigenvalue weighted by molar-refractivity contribution is 5.15. The first-order chi connectivity index (χ1) is 7.20. The molecule has 2 aromatic rings. The molecule has 2 aromatic heterocycles. The third-order valence-electron chi connectivity index (χ3n) is 1.88. The summed E-state index contributed by atoms with van der Waals surface area (Å²) >= 11 is 0. The van der Waals surface area contributed by atoms with Crippen molar-refractivity contribution in [3.8, 4) is 12.0 Å². The molecule has 0 saturated heterocycles. The lowest BCUT2D eigenvalue weighted by molar-refractivity contribution is 0.749. The molecule has 0 amide bonds. The molecule has 0 radical (unpaired) electrons. The van der Waals surface area contributed by atoms with Crippen LogP contribution in [0.5, 0.6) is 0 Å². The zero-order chi connectivity index (χ0) is 10.8. The van der Waals surface area contributed by atoms with E-state index >= 15 is 0 Å². The van der Waals surface area contributed by atoms with Crippen molar-refractivity contribution in [2.75, 3.05) is 0 Å². The van der Waals surface area contributed by atoms with E-state index in [1.807, 2.05) is 19.9 Å². The Bertz CT molecular complexity index is 536. The minimum absolute atomic E-state index is 0.0804. The van der Waals surface area contributed by atoms with E-state index in [0.29, 0.717) is 5.95 Å². The van der Waals surface area contributed by atoms with Gasteiger partial charge in [-0.3, -0.25) is 0 Å². The van der Waals surface area contributed by atoms with Crippen LogP contribution in [0.4, 0.5) is 0 Å². The SMILES string of the molecule is Cc1nnc(-n2cnc(C#N)n2)nc1C.